The Kier molecular flexibility index (Phi) is 4.26. The van der Waals surface area contributed by atoms with Crippen molar-refractivity contribution in [3.8, 4) is 0 Å². The first-order valence-corrected chi connectivity index (χ1v) is 9.26. The number of hydrogen-bond donors (Lipinski definition) is 0. The molecular weight excluding hydrogens is 348 g/mol. The molecule has 4 bridgehead atoms. The maximum Gasteiger partial charge on any atom is 0.341 e. The predicted molar refractivity (Wildman–Crippen MR) is 96.1 cm³/mol. The van der Waals surface area contributed by atoms with E-state index in [9.17, 15) is 9.59 Å². The highest BCUT2D eigenvalue weighted by atomic mass is 16.6. The van der Waals surface area contributed by atoms with E-state index < -0.39 is 11.6 Å². The molecule has 6 heteroatoms. The zero-order chi connectivity index (χ0) is 19.3. The van der Waals surface area contributed by atoms with Crippen LogP contribution in [0.15, 0.2) is 34.3 Å². The molecule has 0 aromatic carbocycles. The number of ether oxygens (including phenoxy) is 3. The van der Waals surface area contributed by atoms with Crippen molar-refractivity contribution >= 4 is 11.9 Å². The highest BCUT2D eigenvalue weighted by Crippen LogP contribution is 2.54. The second-order valence-corrected chi connectivity index (χ2v) is 7.91. The van der Waals surface area contributed by atoms with Gasteiger partial charge in [0.2, 0.25) is 0 Å². The lowest BCUT2D eigenvalue weighted by Crippen LogP contribution is -2.18. The van der Waals surface area contributed by atoms with Gasteiger partial charge in [-0.05, 0) is 44.7 Å². The molecule has 27 heavy (non-hydrogen) atoms. The zero-order valence-corrected chi connectivity index (χ0v) is 15.9. The lowest BCUT2D eigenvalue weighted by molar-refractivity contribution is -0.140. The summed E-state index contributed by atoms with van der Waals surface area (Å²) in [6.07, 6.45) is 3.78. The van der Waals surface area contributed by atoms with Crippen LogP contribution in [-0.2, 0) is 25.4 Å². The van der Waals surface area contributed by atoms with Gasteiger partial charge in [-0.15, -0.1) is 0 Å². The molecule has 3 aliphatic heterocycles. The van der Waals surface area contributed by atoms with E-state index in [0.717, 1.165) is 12.0 Å². The van der Waals surface area contributed by atoms with E-state index in [1.54, 1.807) is 6.07 Å². The lowest BCUT2D eigenvalue weighted by atomic mass is 9.89. The molecule has 6 nitrogen and oxygen atoms in total. The van der Waals surface area contributed by atoms with Gasteiger partial charge < -0.3 is 18.6 Å². The highest BCUT2D eigenvalue weighted by Gasteiger charge is 2.57. The molecular formula is C21H24O6. The minimum atomic E-state index is -0.485. The van der Waals surface area contributed by atoms with Gasteiger partial charge in [0, 0.05) is 18.4 Å². The average Bonchev–Trinajstić information content (AvgIpc) is 2.94. The summed E-state index contributed by atoms with van der Waals surface area (Å²) in [6, 6.07) is 1.72. The quantitative estimate of drug-likeness (QED) is 0.448. The summed E-state index contributed by atoms with van der Waals surface area (Å²) in [5, 5.41) is 0. The molecule has 3 aliphatic rings. The van der Waals surface area contributed by atoms with Crippen LogP contribution in [0.25, 0.3) is 0 Å². The maximum absolute atomic E-state index is 12.2. The molecule has 0 aliphatic carbocycles. The van der Waals surface area contributed by atoms with Gasteiger partial charge in [-0.1, -0.05) is 12.2 Å². The molecule has 0 saturated carbocycles. The van der Waals surface area contributed by atoms with Gasteiger partial charge in [0.25, 0.3) is 0 Å². The van der Waals surface area contributed by atoms with Crippen molar-refractivity contribution in [1.82, 2.24) is 0 Å². The fraction of sp³-hybridized carbons (Fsp3) is 0.524. The first kappa shape index (κ1) is 18.0. The molecule has 144 valence electrons. The third-order valence-electron chi connectivity index (χ3n) is 5.78. The van der Waals surface area contributed by atoms with Crippen molar-refractivity contribution in [2.45, 2.75) is 57.3 Å². The normalized spacial score (nSPS) is 32.2. The van der Waals surface area contributed by atoms with E-state index in [-0.39, 0.29) is 24.1 Å². The third-order valence-corrected chi connectivity index (χ3v) is 5.78. The Hall–Kier alpha value is -2.34. The van der Waals surface area contributed by atoms with E-state index in [0.29, 0.717) is 41.9 Å². The van der Waals surface area contributed by atoms with Crippen LogP contribution in [0, 0.1) is 5.92 Å². The molecule has 4 atom stereocenters. The smallest absolute Gasteiger partial charge is 0.341 e. The number of carbonyl (C=O) groups is 2. The van der Waals surface area contributed by atoms with Crippen molar-refractivity contribution in [2.24, 2.45) is 5.92 Å². The Morgan fingerprint density at radius 3 is 2.89 bits per heavy atom. The van der Waals surface area contributed by atoms with Crippen LogP contribution in [0.1, 0.15) is 61.1 Å². The molecule has 0 radical (unpaired) electrons. The molecule has 0 spiro atoms. The van der Waals surface area contributed by atoms with Gasteiger partial charge in [-0.25, -0.2) is 9.59 Å². The van der Waals surface area contributed by atoms with Gasteiger partial charge in [-0.2, -0.15) is 0 Å². The maximum atomic E-state index is 12.2. The number of carbonyl (C=O) groups excluding carboxylic acids is 2. The molecule has 4 heterocycles. The molecule has 1 aromatic rings. The number of esters is 2. The SMILES string of the molecule is C=C(C)C1CCC2=CC(CC3(C)OC3c3cc(C(=O)OC)c(o3)C1)OC2=O. The average molecular weight is 372 g/mol. The molecule has 4 rings (SSSR count). The Balaban J connectivity index is 1.72. The van der Waals surface area contributed by atoms with Gasteiger partial charge >= 0.3 is 11.9 Å². The predicted octanol–water partition coefficient (Wildman–Crippen LogP) is 3.67. The topological polar surface area (TPSA) is 78.3 Å². The van der Waals surface area contributed by atoms with Crippen LogP contribution < -0.4 is 0 Å². The minimum absolute atomic E-state index is 0.0763. The van der Waals surface area contributed by atoms with Crippen molar-refractivity contribution in [2.75, 3.05) is 7.11 Å². The highest BCUT2D eigenvalue weighted by molar-refractivity contribution is 5.91. The fourth-order valence-corrected chi connectivity index (χ4v) is 4.06. The van der Waals surface area contributed by atoms with Gasteiger partial charge in [0.1, 0.15) is 34.9 Å². The molecule has 0 N–H and O–H groups in total. The summed E-state index contributed by atoms with van der Waals surface area (Å²) in [5.74, 6) is 0.611. The monoisotopic (exact) mass is 372 g/mol. The van der Waals surface area contributed by atoms with Crippen LogP contribution in [0.5, 0.6) is 0 Å². The summed E-state index contributed by atoms with van der Waals surface area (Å²) >= 11 is 0. The Morgan fingerprint density at radius 1 is 1.41 bits per heavy atom. The zero-order valence-electron chi connectivity index (χ0n) is 15.9. The molecule has 1 aromatic heterocycles. The number of hydrogen-bond acceptors (Lipinski definition) is 6. The van der Waals surface area contributed by atoms with Crippen LogP contribution in [0.3, 0.4) is 0 Å². The third kappa shape index (κ3) is 3.23. The molecule has 4 unspecified atom stereocenters. The first-order chi connectivity index (χ1) is 12.8. The number of rotatable bonds is 2. The Labute approximate surface area is 158 Å². The van der Waals surface area contributed by atoms with Crippen LogP contribution in [0.2, 0.25) is 0 Å². The van der Waals surface area contributed by atoms with E-state index >= 15 is 0 Å². The van der Waals surface area contributed by atoms with E-state index in [4.69, 9.17) is 18.6 Å². The van der Waals surface area contributed by atoms with Crippen LogP contribution in [0.4, 0.5) is 0 Å². The minimum Gasteiger partial charge on any atom is -0.465 e. The van der Waals surface area contributed by atoms with Gasteiger partial charge in [0.15, 0.2) is 0 Å². The number of methoxy groups -OCH3 is 1. The van der Waals surface area contributed by atoms with E-state index in [1.165, 1.54) is 7.11 Å². The summed E-state index contributed by atoms with van der Waals surface area (Å²) in [7, 11) is 1.36. The number of fused-ring (bicyclic) bond motifs is 5. The van der Waals surface area contributed by atoms with Crippen LogP contribution in [-0.4, -0.2) is 30.8 Å². The lowest BCUT2D eigenvalue weighted by Gasteiger charge is -2.16. The number of furan rings is 1. The number of allylic oxidation sites excluding steroid dienone is 1. The van der Waals surface area contributed by atoms with Gasteiger partial charge in [0.05, 0.1) is 7.11 Å². The molecule has 1 fully saturated rings. The number of epoxide rings is 1. The Bertz CT molecular complexity index is 847. The standard InChI is InChI=1S/C21H24O6/c1-11(2)12-5-6-13-7-14(25-19(13)22)10-21(3)18(27-21)17-9-15(20(23)24-4)16(8-12)26-17/h7,9,12,14,18H,1,5-6,8,10H2,2-4H3. The van der Waals surface area contributed by atoms with E-state index in [1.807, 2.05) is 19.9 Å². The van der Waals surface area contributed by atoms with Crippen molar-refractivity contribution in [3.05, 3.63) is 47.0 Å². The largest absolute Gasteiger partial charge is 0.465 e. The summed E-state index contributed by atoms with van der Waals surface area (Å²) < 4.78 is 22.4. The summed E-state index contributed by atoms with van der Waals surface area (Å²) in [6.45, 7) is 8.00. The molecule has 1 saturated heterocycles. The second-order valence-electron chi connectivity index (χ2n) is 7.91. The van der Waals surface area contributed by atoms with Crippen molar-refractivity contribution in [3.63, 3.8) is 0 Å². The van der Waals surface area contributed by atoms with Crippen molar-refractivity contribution in [1.29, 1.82) is 0 Å². The summed E-state index contributed by atoms with van der Waals surface area (Å²) in [4.78, 5) is 24.4. The van der Waals surface area contributed by atoms with Crippen LogP contribution >= 0.6 is 0 Å². The van der Waals surface area contributed by atoms with Gasteiger partial charge in [-0.3, -0.25) is 0 Å². The summed E-state index contributed by atoms with van der Waals surface area (Å²) in [5.41, 5.74) is 1.64. The van der Waals surface area contributed by atoms with E-state index in [2.05, 4.69) is 6.58 Å². The first-order valence-electron chi connectivity index (χ1n) is 9.26. The second kappa shape index (κ2) is 6.37. The fourth-order valence-electron chi connectivity index (χ4n) is 4.06. The van der Waals surface area contributed by atoms with Crippen molar-refractivity contribution < 1.29 is 28.2 Å². The Morgan fingerprint density at radius 2 is 2.19 bits per heavy atom. The molecule has 0 amide bonds.